The van der Waals surface area contributed by atoms with E-state index in [1.54, 1.807) is 37.4 Å². The number of carbonyl (C=O) groups excluding carboxylic acids is 1. The molecule has 1 aromatic heterocycles. The Morgan fingerprint density at radius 1 is 1.12 bits per heavy atom. The van der Waals surface area contributed by atoms with E-state index < -0.39 is 0 Å². The molecule has 2 heterocycles. The van der Waals surface area contributed by atoms with Crippen LogP contribution in [0.1, 0.15) is 18.4 Å². The fourth-order valence-electron chi connectivity index (χ4n) is 3.81. The zero-order valence-corrected chi connectivity index (χ0v) is 18.6. The molecule has 1 aliphatic heterocycles. The standard InChI is InChI=1S/C24H25ClN4O3/c1-32-21-10-8-20(9-11-21)29-23(30)13-12-22(27-29)28-14-2-3-18(16-28)24(31)26-15-17-4-6-19(25)7-5-17/h4-13,18H,2-3,14-16H2,1H3,(H,26,31). The minimum absolute atomic E-state index is 0.0214. The van der Waals surface area contributed by atoms with Gasteiger partial charge in [-0.1, -0.05) is 23.7 Å². The maximum atomic E-state index is 12.8. The van der Waals surface area contributed by atoms with E-state index in [0.717, 1.165) is 24.9 Å². The maximum absolute atomic E-state index is 12.8. The Balaban J connectivity index is 1.45. The first kappa shape index (κ1) is 21.9. The summed E-state index contributed by atoms with van der Waals surface area (Å²) < 4.78 is 6.56. The summed E-state index contributed by atoms with van der Waals surface area (Å²) in [5.74, 6) is 1.27. The number of ether oxygens (including phenoxy) is 1. The third-order valence-corrected chi connectivity index (χ3v) is 5.85. The third-order valence-electron chi connectivity index (χ3n) is 5.60. The Kier molecular flexibility index (Phi) is 6.75. The van der Waals surface area contributed by atoms with E-state index in [2.05, 4.69) is 15.3 Å². The first-order chi connectivity index (χ1) is 15.5. The van der Waals surface area contributed by atoms with Crippen molar-refractivity contribution in [2.75, 3.05) is 25.1 Å². The van der Waals surface area contributed by atoms with Crippen LogP contribution in [0.3, 0.4) is 0 Å². The number of rotatable bonds is 6. The van der Waals surface area contributed by atoms with Crippen LogP contribution in [-0.2, 0) is 11.3 Å². The van der Waals surface area contributed by atoms with Crippen LogP contribution in [0.4, 0.5) is 5.82 Å². The fraction of sp³-hybridized carbons (Fsp3) is 0.292. The van der Waals surface area contributed by atoms with Crippen LogP contribution in [0.5, 0.6) is 5.75 Å². The molecule has 4 rings (SSSR count). The number of amides is 1. The molecule has 0 radical (unpaired) electrons. The minimum atomic E-state index is -0.215. The van der Waals surface area contributed by atoms with Gasteiger partial charge in [0.2, 0.25) is 5.91 Å². The molecule has 1 amide bonds. The van der Waals surface area contributed by atoms with E-state index in [1.165, 1.54) is 10.7 Å². The lowest BCUT2D eigenvalue weighted by atomic mass is 9.97. The second-order valence-corrected chi connectivity index (χ2v) is 8.21. The average molecular weight is 453 g/mol. The van der Waals surface area contributed by atoms with Gasteiger partial charge in [-0.3, -0.25) is 9.59 Å². The predicted molar refractivity (Wildman–Crippen MR) is 125 cm³/mol. The van der Waals surface area contributed by atoms with Crippen molar-refractivity contribution >= 4 is 23.3 Å². The van der Waals surface area contributed by atoms with Gasteiger partial charge in [0.1, 0.15) is 11.6 Å². The van der Waals surface area contributed by atoms with Crippen LogP contribution in [0.2, 0.25) is 5.02 Å². The highest BCUT2D eigenvalue weighted by Gasteiger charge is 2.26. The van der Waals surface area contributed by atoms with E-state index in [1.807, 2.05) is 24.3 Å². The molecule has 3 aromatic rings. The fourth-order valence-corrected chi connectivity index (χ4v) is 3.94. The molecule has 1 unspecified atom stereocenters. The number of piperidine rings is 1. The number of halogens is 1. The average Bonchev–Trinajstić information content (AvgIpc) is 2.84. The predicted octanol–water partition coefficient (Wildman–Crippen LogP) is 3.43. The Morgan fingerprint density at radius 2 is 1.88 bits per heavy atom. The van der Waals surface area contributed by atoms with Crippen molar-refractivity contribution < 1.29 is 9.53 Å². The van der Waals surface area contributed by atoms with Crippen LogP contribution in [-0.4, -0.2) is 35.9 Å². The number of hydrogen-bond donors (Lipinski definition) is 1. The molecule has 1 atom stereocenters. The first-order valence-electron chi connectivity index (χ1n) is 10.6. The number of methoxy groups -OCH3 is 1. The van der Waals surface area contributed by atoms with Gasteiger partial charge in [-0.25, -0.2) is 0 Å². The molecule has 0 spiro atoms. The number of hydrogen-bond acceptors (Lipinski definition) is 5. The lowest BCUT2D eigenvalue weighted by Gasteiger charge is -2.33. The number of benzene rings is 2. The van der Waals surface area contributed by atoms with Gasteiger partial charge in [0.15, 0.2) is 0 Å². The maximum Gasteiger partial charge on any atom is 0.271 e. The van der Waals surface area contributed by atoms with Crippen LogP contribution >= 0.6 is 11.6 Å². The van der Waals surface area contributed by atoms with Crippen molar-refractivity contribution in [2.24, 2.45) is 5.92 Å². The van der Waals surface area contributed by atoms with E-state index in [0.29, 0.717) is 35.4 Å². The van der Waals surface area contributed by atoms with Crippen LogP contribution in [0.15, 0.2) is 65.5 Å². The molecule has 0 aliphatic carbocycles. The smallest absolute Gasteiger partial charge is 0.271 e. The summed E-state index contributed by atoms with van der Waals surface area (Å²) in [5.41, 5.74) is 1.45. The summed E-state index contributed by atoms with van der Waals surface area (Å²) in [4.78, 5) is 27.2. The van der Waals surface area contributed by atoms with Gasteiger partial charge in [0.25, 0.3) is 5.56 Å². The summed E-state index contributed by atoms with van der Waals surface area (Å²) in [6, 6.07) is 17.8. The number of carbonyl (C=O) groups is 1. The van der Waals surface area contributed by atoms with E-state index in [9.17, 15) is 9.59 Å². The van der Waals surface area contributed by atoms with Gasteiger partial charge in [-0.2, -0.15) is 4.68 Å². The van der Waals surface area contributed by atoms with Crippen LogP contribution in [0.25, 0.3) is 5.69 Å². The molecule has 1 aliphatic rings. The molecule has 1 fully saturated rings. The van der Waals surface area contributed by atoms with E-state index in [4.69, 9.17) is 16.3 Å². The van der Waals surface area contributed by atoms with Gasteiger partial charge >= 0.3 is 0 Å². The zero-order valence-electron chi connectivity index (χ0n) is 17.8. The van der Waals surface area contributed by atoms with Crippen LogP contribution < -0.4 is 20.5 Å². The second-order valence-electron chi connectivity index (χ2n) is 7.77. The highest BCUT2D eigenvalue weighted by Crippen LogP contribution is 2.22. The van der Waals surface area contributed by atoms with Gasteiger partial charge < -0.3 is 15.0 Å². The Morgan fingerprint density at radius 3 is 2.59 bits per heavy atom. The van der Waals surface area contributed by atoms with Gasteiger partial charge in [0, 0.05) is 30.7 Å². The topological polar surface area (TPSA) is 76.5 Å². The SMILES string of the molecule is COc1ccc(-n2nc(N3CCCC(C(=O)NCc4ccc(Cl)cc4)C3)ccc2=O)cc1. The normalized spacial score (nSPS) is 15.9. The molecule has 0 bridgehead atoms. The Bertz CT molecular complexity index is 1130. The Labute approximate surface area is 191 Å². The monoisotopic (exact) mass is 452 g/mol. The van der Waals surface area contributed by atoms with Crippen molar-refractivity contribution in [1.29, 1.82) is 0 Å². The molecule has 1 N–H and O–H groups in total. The number of anilines is 1. The lowest BCUT2D eigenvalue weighted by Crippen LogP contribution is -2.43. The molecule has 166 valence electrons. The quantitative estimate of drug-likeness (QED) is 0.620. The summed E-state index contributed by atoms with van der Waals surface area (Å²) >= 11 is 5.92. The number of nitrogens with zero attached hydrogens (tertiary/aromatic N) is 3. The largest absolute Gasteiger partial charge is 0.497 e. The molecule has 0 saturated carbocycles. The van der Waals surface area contributed by atoms with Crippen LogP contribution in [0, 0.1) is 5.92 Å². The van der Waals surface area contributed by atoms with Gasteiger partial charge in [-0.15, -0.1) is 5.10 Å². The second kappa shape index (κ2) is 9.87. The summed E-state index contributed by atoms with van der Waals surface area (Å²) in [5, 5.41) is 8.26. The summed E-state index contributed by atoms with van der Waals surface area (Å²) in [7, 11) is 1.60. The van der Waals surface area contributed by atoms with Gasteiger partial charge in [-0.05, 0) is 60.9 Å². The van der Waals surface area contributed by atoms with E-state index >= 15 is 0 Å². The molecule has 8 heteroatoms. The molecular formula is C24H25ClN4O3. The Hall–Kier alpha value is -3.32. The van der Waals surface area contributed by atoms with Crippen molar-refractivity contribution in [1.82, 2.24) is 15.1 Å². The van der Waals surface area contributed by atoms with Crippen molar-refractivity contribution in [2.45, 2.75) is 19.4 Å². The molecular weight excluding hydrogens is 428 g/mol. The highest BCUT2D eigenvalue weighted by atomic mass is 35.5. The molecule has 7 nitrogen and oxygen atoms in total. The third kappa shape index (κ3) is 5.11. The van der Waals surface area contributed by atoms with Gasteiger partial charge in [0.05, 0.1) is 18.7 Å². The minimum Gasteiger partial charge on any atom is -0.497 e. The van der Waals surface area contributed by atoms with Crippen molar-refractivity contribution in [3.63, 3.8) is 0 Å². The first-order valence-corrected chi connectivity index (χ1v) is 10.9. The van der Waals surface area contributed by atoms with Crippen molar-refractivity contribution in [3.05, 3.63) is 81.6 Å². The van der Waals surface area contributed by atoms with E-state index in [-0.39, 0.29) is 17.4 Å². The molecule has 2 aromatic carbocycles. The summed E-state index contributed by atoms with van der Waals surface area (Å²) in [6.45, 7) is 1.81. The summed E-state index contributed by atoms with van der Waals surface area (Å²) in [6.07, 6.45) is 1.70. The zero-order chi connectivity index (χ0) is 22.5. The molecule has 32 heavy (non-hydrogen) atoms. The highest BCUT2D eigenvalue weighted by molar-refractivity contribution is 6.30. The van der Waals surface area contributed by atoms with Crippen molar-refractivity contribution in [3.8, 4) is 11.4 Å². The number of nitrogens with one attached hydrogen (secondary N) is 1. The number of aromatic nitrogens is 2. The molecule has 1 saturated heterocycles. The lowest BCUT2D eigenvalue weighted by molar-refractivity contribution is -0.125.